The summed E-state index contributed by atoms with van der Waals surface area (Å²) in [6, 6.07) is 4.08. The van der Waals surface area contributed by atoms with Crippen LogP contribution in [0.25, 0.3) is 0 Å². The van der Waals surface area contributed by atoms with Crippen molar-refractivity contribution in [1.29, 1.82) is 0 Å². The minimum Gasteiger partial charge on any atom is -1.00 e. The van der Waals surface area contributed by atoms with Gasteiger partial charge >= 0.3 is 0 Å². The Balaban J connectivity index is 0.000000810. The highest BCUT2D eigenvalue weighted by Crippen LogP contribution is 2.04. The molecule has 1 rings (SSSR count). The number of hydrogen-bond donors (Lipinski definition) is 0. The van der Waals surface area contributed by atoms with Crippen molar-refractivity contribution in [3.63, 3.8) is 0 Å². The second kappa shape index (κ2) is 4.28. The van der Waals surface area contributed by atoms with Crippen molar-refractivity contribution in [2.45, 2.75) is 4.90 Å². The lowest BCUT2D eigenvalue weighted by Gasteiger charge is -1.91. The van der Waals surface area contributed by atoms with Crippen molar-refractivity contribution in [3.05, 3.63) is 24.5 Å². The van der Waals surface area contributed by atoms with Crippen LogP contribution < -0.4 is 4.70 Å². The Bertz CT molecular complexity index is 176. The lowest BCUT2D eigenvalue weighted by molar-refractivity contribution is -0.00000204. The van der Waals surface area contributed by atoms with Crippen LogP contribution in [0.3, 0.4) is 0 Å². The van der Waals surface area contributed by atoms with Gasteiger partial charge < -0.3 is 4.70 Å². The summed E-state index contributed by atoms with van der Waals surface area (Å²) in [4.78, 5) is 5.34. The third kappa shape index (κ3) is 2.35. The van der Waals surface area contributed by atoms with Crippen LogP contribution in [-0.2, 0) is 10.9 Å². The highest BCUT2D eigenvalue weighted by Gasteiger charge is 2.04. The van der Waals surface area contributed by atoms with E-state index in [1.807, 2.05) is 12.3 Å². The van der Waals surface area contributed by atoms with Gasteiger partial charge in [0, 0.05) is 17.1 Å². The van der Waals surface area contributed by atoms with Crippen LogP contribution in [0.4, 0.5) is 0 Å². The average Bonchev–Trinajstić information content (AvgIpc) is 1.90. The van der Waals surface area contributed by atoms with Crippen LogP contribution in [0.1, 0.15) is 0 Å². The predicted octanol–water partition coefficient (Wildman–Crippen LogP) is -1.68. The molecule has 0 fully saturated rings. The highest BCUT2D eigenvalue weighted by atomic mass is 32.2. The van der Waals surface area contributed by atoms with E-state index in [1.54, 1.807) is 6.20 Å². The summed E-state index contributed by atoms with van der Waals surface area (Å²) in [5.41, 5.74) is 0. The summed E-state index contributed by atoms with van der Waals surface area (Å²) in [5.74, 6) is 0. The van der Waals surface area contributed by atoms with E-state index >= 15 is 0 Å². The van der Waals surface area contributed by atoms with Crippen molar-refractivity contribution in [2.75, 3.05) is 12.5 Å². The zero-order valence-corrected chi connectivity index (χ0v) is 6.86. The molecule has 1 heterocycles. The Hall–Kier alpha value is -0.570. The number of nitrogens with zero attached hydrogens (tertiary/aromatic N) is 1. The minimum atomic E-state index is 0. The summed E-state index contributed by atoms with van der Waals surface area (Å²) >= 11 is 0. The Morgan fingerprint density at radius 3 is 2.40 bits per heavy atom. The molecule has 0 radical (unpaired) electrons. The second-order valence-corrected chi connectivity index (χ2v) is 4.11. The highest BCUT2D eigenvalue weighted by molar-refractivity contribution is 7.95. The first kappa shape index (κ1) is 9.43. The molecule has 1 aromatic rings. The van der Waals surface area contributed by atoms with Crippen LogP contribution in [0, 0.1) is 0 Å². The lowest BCUT2D eigenvalue weighted by Crippen LogP contribution is -3.00. The summed E-state index contributed by atoms with van der Waals surface area (Å²) in [6.07, 6.45) is 8.10. The van der Waals surface area contributed by atoms with Crippen molar-refractivity contribution in [3.8, 4) is 0 Å². The molecule has 56 valence electrons. The molecule has 0 saturated heterocycles. The first-order valence-electron chi connectivity index (χ1n) is 2.78. The van der Waals surface area contributed by atoms with E-state index in [0.717, 1.165) is 0 Å². The summed E-state index contributed by atoms with van der Waals surface area (Å²) < 4.78 is 0. The van der Waals surface area contributed by atoms with Crippen LogP contribution in [0.5, 0.6) is 0 Å². The molecule has 3 heteroatoms. The number of rotatable bonds is 1. The maximum absolute atomic E-state index is 4.01. The zero-order chi connectivity index (χ0) is 6.69. The van der Waals surface area contributed by atoms with Gasteiger partial charge in [0.2, 0.25) is 0 Å². The van der Waals surface area contributed by atoms with E-state index in [-0.39, 0.29) is 4.70 Å². The Labute approximate surface area is 63.2 Å². The van der Waals surface area contributed by atoms with Gasteiger partial charge in [0.05, 0.1) is 6.20 Å². The third-order valence-electron chi connectivity index (χ3n) is 1.11. The Kier molecular flexibility index (Phi) is 4.03. The van der Waals surface area contributed by atoms with Gasteiger partial charge in [-0.25, -0.2) is 0 Å². The fourth-order valence-corrected chi connectivity index (χ4v) is 1.21. The molecule has 1 aromatic heterocycles. The van der Waals surface area contributed by atoms with Crippen molar-refractivity contribution in [2.24, 2.45) is 0 Å². The van der Waals surface area contributed by atoms with Crippen molar-refractivity contribution in [1.82, 2.24) is 4.98 Å². The molecule has 0 spiro atoms. The number of aromatic nitrogens is 1. The third-order valence-corrected chi connectivity index (χ3v) is 2.29. The van der Waals surface area contributed by atoms with Gasteiger partial charge in [0.1, 0.15) is 12.5 Å². The topological polar surface area (TPSA) is 12.9 Å². The fourth-order valence-electron chi connectivity index (χ4n) is 0.589. The SMILES string of the molecule is C[S+](C)c1cccnc1.[F-]. The molecule has 10 heavy (non-hydrogen) atoms. The average molecular weight is 159 g/mol. The molecule has 0 saturated carbocycles. The number of halogens is 1. The normalized spacial score (nSPS) is 9.10. The van der Waals surface area contributed by atoms with Crippen molar-refractivity contribution >= 4 is 10.9 Å². The van der Waals surface area contributed by atoms with Gasteiger partial charge in [0.25, 0.3) is 0 Å². The van der Waals surface area contributed by atoms with Gasteiger partial charge in [-0.2, -0.15) is 0 Å². The molecule has 1 nitrogen and oxygen atoms in total. The summed E-state index contributed by atoms with van der Waals surface area (Å²) in [5, 5.41) is 0. The molecule has 0 N–H and O–H groups in total. The van der Waals surface area contributed by atoms with E-state index < -0.39 is 0 Å². The maximum atomic E-state index is 4.01. The molecule has 0 bridgehead atoms. The van der Waals surface area contributed by atoms with E-state index in [0.29, 0.717) is 10.9 Å². The van der Waals surface area contributed by atoms with Crippen LogP contribution in [-0.4, -0.2) is 17.5 Å². The summed E-state index contributed by atoms with van der Waals surface area (Å²) in [7, 11) is 0.359. The molecule has 0 amide bonds. The van der Waals surface area contributed by atoms with E-state index in [9.17, 15) is 0 Å². The largest absolute Gasteiger partial charge is 1.00 e. The Morgan fingerprint density at radius 2 is 2.10 bits per heavy atom. The van der Waals surface area contributed by atoms with E-state index in [1.165, 1.54) is 4.90 Å². The van der Waals surface area contributed by atoms with Crippen LogP contribution in [0.15, 0.2) is 29.4 Å². The van der Waals surface area contributed by atoms with Crippen LogP contribution in [0.2, 0.25) is 0 Å². The number of pyridine rings is 1. The monoisotopic (exact) mass is 159 g/mol. The van der Waals surface area contributed by atoms with Crippen LogP contribution >= 0.6 is 0 Å². The lowest BCUT2D eigenvalue weighted by atomic mass is 10.5. The quantitative estimate of drug-likeness (QED) is 0.446. The first-order valence-corrected chi connectivity index (χ1v) is 4.82. The van der Waals surface area contributed by atoms with Gasteiger partial charge in [-0.05, 0) is 12.1 Å². The zero-order valence-electron chi connectivity index (χ0n) is 6.04. The van der Waals surface area contributed by atoms with E-state index in [4.69, 9.17) is 0 Å². The smallest absolute Gasteiger partial charge is 0.172 e. The molecule has 0 aromatic carbocycles. The van der Waals surface area contributed by atoms with Gasteiger partial charge in [-0.15, -0.1) is 0 Å². The summed E-state index contributed by atoms with van der Waals surface area (Å²) in [6.45, 7) is 0. The Morgan fingerprint density at radius 1 is 1.40 bits per heavy atom. The van der Waals surface area contributed by atoms with Gasteiger partial charge in [-0.1, -0.05) is 0 Å². The maximum Gasteiger partial charge on any atom is 0.172 e. The number of hydrogen-bond acceptors (Lipinski definition) is 1. The molecule has 0 aliphatic heterocycles. The molecule has 0 atom stereocenters. The van der Waals surface area contributed by atoms with Crippen molar-refractivity contribution < 1.29 is 4.70 Å². The second-order valence-electron chi connectivity index (χ2n) is 2.01. The molecular formula is C7H10FNS. The minimum absolute atomic E-state index is 0. The van der Waals surface area contributed by atoms with E-state index in [2.05, 4.69) is 23.6 Å². The molecule has 0 unspecified atom stereocenters. The van der Waals surface area contributed by atoms with Gasteiger partial charge in [-0.3, -0.25) is 4.98 Å². The molecule has 0 aliphatic rings. The predicted molar refractivity (Wildman–Crippen MR) is 41.7 cm³/mol. The van der Waals surface area contributed by atoms with Gasteiger partial charge in [0.15, 0.2) is 4.90 Å². The standard InChI is InChI=1S/C7H10NS.FH/c1-9(2)7-4-3-5-8-6-7;/h3-6H,1-2H3;1H/q+1;/p-1. The molecular weight excluding hydrogens is 149 g/mol. The molecule has 0 aliphatic carbocycles. The first-order chi connectivity index (χ1) is 4.30. The fraction of sp³-hybridized carbons (Fsp3) is 0.286.